The van der Waals surface area contributed by atoms with Crippen molar-refractivity contribution in [1.82, 2.24) is 0 Å². The highest BCUT2D eigenvalue weighted by atomic mass is 16.7. The molecule has 0 radical (unpaired) electrons. The molecule has 0 N–H and O–H groups in total. The van der Waals surface area contributed by atoms with Crippen molar-refractivity contribution in [3.63, 3.8) is 0 Å². The van der Waals surface area contributed by atoms with E-state index in [4.69, 9.17) is 14.2 Å². The first-order valence-electron chi connectivity index (χ1n) is 8.62. The maximum Gasteiger partial charge on any atom is 0.163 e. The molecule has 0 aromatic heterocycles. The summed E-state index contributed by atoms with van der Waals surface area (Å²) < 4.78 is 17.9. The molecule has 0 saturated carbocycles. The summed E-state index contributed by atoms with van der Waals surface area (Å²) in [7, 11) is 0. The Bertz CT molecular complexity index is 609. The minimum Gasteiger partial charge on any atom is -0.373 e. The summed E-state index contributed by atoms with van der Waals surface area (Å²) in [5.74, 6) is -0.485. The topological polar surface area (TPSA) is 27.7 Å². The summed E-state index contributed by atoms with van der Waals surface area (Å²) >= 11 is 0. The molecule has 1 heterocycles. The van der Waals surface area contributed by atoms with E-state index in [9.17, 15) is 0 Å². The van der Waals surface area contributed by atoms with Crippen molar-refractivity contribution in [3.05, 3.63) is 71.8 Å². The number of ether oxygens (including phenoxy) is 3. The van der Waals surface area contributed by atoms with Gasteiger partial charge in [-0.3, -0.25) is 0 Å². The van der Waals surface area contributed by atoms with Crippen molar-refractivity contribution < 1.29 is 14.2 Å². The van der Waals surface area contributed by atoms with Crippen molar-refractivity contribution in [3.8, 4) is 0 Å². The van der Waals surface area contributed by atoms with Gasteiger partial charge < -0.3 is 14.2 Å². The zero-order valence-electron chi connectivity index (χ0n) is 14.5. The van der Waals surface area contributed by atoms with E-state index >= 15 is 0 Å². The smallest absolute Gasteiger partial charge is 0.163 e. The molecular weight excluding hydrogens is 300 g/mol. The molecule has 1 fully saturated rings. The average Bonchev–Trinajstić information content (AvgIpc) is 2.93. The molecule has 0 aliphatic carbocycles. The third-order valence-electron chi connectivity index (χ3n) is 4.23. The van der Waals surface area contributed by atoms with Gasteiger partial charge in [0.15, 0.2) is 5.79 Å². The van der Waals surface area contributed by atoms with Crippen LogP contribution in [0, 0.1) is 0 Å². The second-order valence-corrected chi connectivity index (χ2v) is 6.79. The lowest BCUT2D eigenvalue weighted by molar-refractivity contribution is -0.142. The highest BCUT2D eigenvalue weighted by Gasteiger charge is 2.34. The third-order valence-corrected chi connectivity index (χ3v) is 4.23. The van der Waals surface area contributed by atoms with Gasteiger partial charge in [-0.05, 0) is 31.4 Å². The summed E-state index contributed by atoms with van der Waals surface area (Å²) in [4.78, 5) is 0. The van der Waals surface area contributed by atoms with Crippen LogP contribution in [-0.4, -0.2) is 24.6 Å². The summed E-state index contributed by atoms with van der Waals surface area (Å²) in [6.45, 7) is 5.18. The van der Waals surface area contributed by atoms with Crippen LogP contribution < -0.4 is 0 Å². The van der Waals surface area contributed by atoms with Gasteiger partial charge in [0.25, 0.3) is 0 Å². The molecular formula is C21H26O3. The molecule has 3 nitrogen and oxygen atoms in total. The first kappa shape index (κ1) is 17.2. The van der Waals surface area contributed by atoms with Gasteiger partial charge in [0, 0.05) is 6.42 Å². The van der Waals surface area contributed by atoms with Crippen LogP contribution in [0.25, 0.3) is 0 Å². The minimum atomic E-state index is -0.485. The quantitative estimate of drug-likeness (QED) is 0.757. The molecule has 1 aliphatic heterocycles. The van der Waals surface area contributed by atoms with Crippen LogP contribution in [-0.2, 0) is 27.2 Å². The standard InChI is InChI=1S/C21H26O3/c1-21(2)23-16-20(24-21)14-19(13-17-9-5-3-6-10-17)22-15-18-11-7-4-8-12-18/h3-12,19-20H,13-16H2,1-2H3. The van der Waals surface area contributed by atoms with Crippen LogP contribution >= 0.6 is 0 Å². The third kappa shape index (κ3) is 5.17. The van der Waals surface area contributed by atoms with Crippen LogP contribution in [0.3, 0.4) is 0 Å². The van der Waals surface area contributed by atoms with Crippen LogP contribution in [0.15, 0.2) is 60.7 Å². The number of hydrogen-bond donors (Lipinski definition) is 0. The lowest BCUT2D eigenvalue weighted by Gasteiger charge is -2.22. The van der Waals surface area contributed by atoms with E-state index in [1.165, 1.54) is 11.1 Å². The molecule has 1 saturated heterocycles. The zero-order valence-corrected chi connectivity index (χ0v) is 14.5. The monoisotopic (exact) mass is 326 g/mol. The van der Waals surface area contributed by atoms with Gasteiger partial charge >= 0.3 is 0 Å². The van der Waals surface area contributed by atoms with E-state index in [0.717, 1.165) is 12.8 Å². The first-order chi connectivity index (χ1) is 11.6. The van der Waals surface area contributed by atoms with Gasteiger partial charge in [0.1, 0.15) is 0 Å². The van der Waals surface area contributed by atoms with Gasteiger partial charge in [-0.25, -0.2) is 0 Å². The van der Waals surface area contributed by atoms with Gasteiger partial charge in [-0.15, -0.1) is 0 Å². The molecule has 3 rings (SSSR count). The predicted octanol–water partition coefficient (Wildman–Crippen LogP) is 4.36. The van der Waals surface area contributed by atoms with Gasteiger partial charge in [-0.2, -0.15) is 0 Å². The van der Waals surface area contributed by atoms with Gasteiger partial charge in [0.05, 0.1) is 25.4 Å². The normalized spacial score (nSPS) is 20.8. The van der Waals surface area contributed by atoms with Crippen LogP contribution in [0.5, 0.6) is 0 Å². The molecule has 2 aromatic rings. The van der Waals surface area contributed by atoms with E-state index in [0.29, 0.717) is 13.2 Å². The number of hydrogen-bond acceptors (Lipinski definition) is 3. The Labute approximate surface area is 144 Å². The molecule has 3 heteroatoms. The second-order valence-electron chi connectivity index (χ2n) is 6.79. The van der Waals surface area contributed by atoms with E-state index in [-0.39, 0.29) is 12.2 Å². The molecule has 2 atom stereocenters. The molecule has 24 heavy (non-hydrogen) atoms. The molecule has 2 unspecified atom stereocenters. The maximum atomic E-state index is 6.23. The van der Waals surface area contributed by atoms with Crippen molar-refractivity contribution in [2.45, 2.75) is 51.3 Å². The summed E-state index contributed by atoms with van der Waals surface area (Å²) in [5.41, 5.74) is 2.48. The SMILES string of the molecule is CC1(C)OCC(CC(Cc2ccccc2)OCc2ccccc2)O1. The first-order valence-corrected chi connectivity index (χ1v) is 8.62. The largest absolute Gasteiger partial charge is 0.373 e. The highest BCUT2D eigenvalue weighted by molar-refractivity contribution is 5.16. The minimum absolute atomic E-state index is 0.0875. The highest BCUT2D eigenvalue weighted by Crippen LogP contribution is 2.26. The molecule has 0 amide bonds. The fourth-order valence-corrected chi connectivity index (χ4v) is 3.05. The fourth-order valence-electron chi connectivity index (χ4n) is 3.05. The molecule has 2 aromatic carbocycles. The van der Waals surface area contributed by atoms with Crippen LogP contribution in [0.1, 0.15) is 31.4 Å². The predicted molar refractivity (Wildman–Crippen MR) is 94.7 cm³/mol. The Balaban J connectivity index is 1.62. The van der Waals surface area contributed by atoms with Crippen molar-refractivity contribution in [2.24, 2.45) is 0 Å². The fraction of sp³-hybridized carbons (Fsp3) is 0.429. The molecule has 0 bridgehead atoms. The lowest BCUT2D eigenvalue weighted by Crippen LogP contribution is -2.27. The van der Waals surface area contributed by atoms with E-state index < -0.39 is 5.79 Å². The molecule has 0 spiro atoms. The lowest BCUT2D eigenvalue weighted by atomic mass is 10.0. The Kier molecular flexibility index (Phi) is 5.67. The van der Waals surface area contributed by atoms with Crippen molar-refractivity contribution in [1.29, 1.82) is 0 Å². The Morgan fingerprint density at radius 2 is 1.62 bits per heavy atom. The summed E-state index contributed by atoms with van der Waals surface area (Å²) in [5, 5.41) is 0. The van der Waals surface area contributed by atoms with Crippen LogP contribution in [0.2, 0.25) is 0 Å². The van der Waals surface area contributed by atoms with E-state index in [1.807, 2.05) is 38.1 Å². The Hall–Kier alpha value is -1.68. The van der Waals surface area contributed by atoms with Crippen LogP contribution in [0.4, 0.5) is 0 Å². The van der Waals surface area contributed by atoms with Gasteiger partial charge in [0.2, 0.25) is 0 Å². The van der Waals surface area contributed by atoms with Gasteiger partial charge in [-0.1, -0.05) is 60.7 Å². The summed E-state index contributed by atoms with van der Waals surface area (Å²) in [6.07, 6.45) is 1.92. The Morgan fingerprint density at radius 1 is 1.00 bits per heavy atom. The second kappa shape index (κ2) is 7.93. The van der Waals surface area contributed by atoms with Crippen molar-refractivity contribution >= 4 is 0 Å². The number of rotatable bonds is 7. The van der Waals surface area contributed by atoms with Crippen molar-refractivity contribution in [2.75, 3.05) is 6.61 Å². The van der Waals surface area contributed by atoms with E-state index in [2.05, 4.69) is 36.4 Å². The summed E-state index contributed by atoms with van der Waals surface area (Å²) in [6, 6.07) is 20.8. The number of benzene rings is 2. The zero-order chi connectivity index (χ0) is 16.8. The average molecular weight is 326 g/mol. The Morgan fingerprint density at radius 3 is 2.21 bits per heavy atom. The maximum absolute atomic E-state index is 6.23. The molecule has 1 aliphatic rings. The molecule has 128 valence electrons. The van der Waals surface area contributed by atoms with E-state index in [1.54, 1.807) is 0 Å².